The van der Waals surface area contributed by atoms with E-state index in [1.807, 2.05) is 0 Å². The lowest BCUT2D eigenvalue weighted by Gasteiger charge is -2.39. The molecule has 0 aromatic rings. The number of rotatable bonds is 4. The molecule has 3 heteroatoms. The van der Waals surface area contributed by atoms with Gasteiger partial charge in [-0.05, 0) is 50.4 Å². The summed E-state index contributed by atoms with van der Waals surface area (Å²) in [5.74, 6) is 1.32. The van der Waals surface area contributed by atoms with Crippen LogP contribution in [0.4, 0.5) is 0 Å². The maximum Gasteiger partial charge on any atom is 0.0582 e. The first-order chi connectivity index (χ1) is 9.13. The molecule has 0 spiro atoms. The molecule has 0 aromatic carbocycles. The number of hydrogen-bond acceptors (Lipinski definition) is 3. The van der Waals surface area contributed by atoms with E-state index in [-0.39, 0.29) is 0 Å². The average molecular weight is 268 g/mol. The monoisotopic (exact) mass is 268 g/mol. The second-order valence-corrected chi connectivity index (χ2v) is 6.67. The molecule has 0 saturated heterocycles. The molecule has 0 aliphatic heterocycles. The number of ether oxygens (including phenoxy) is 1. The van der Waals surface area contributed by atoms with Gasteiger partial charge in [0.25, 0.3) is 0 Å². The van der Waals surface area contributed by atoms with E-state index in [1.54, 1.807) is 0 Å². The Hall–Kier alpha value is -0.120. The van der Waals surface area contributed by atoms with Crippen molar-refractivity contribution in [2.75, 3.05) is 0 Å². The van der Waals surface area contributed by atoms with Crippen molar-refractivity contribution in [3.05, 3.63) is 0 Å². The van der Waals surface area contributed by atoms with Gasteiger partial charge in [0.15, 0.2) is 0 Å². The molecular weight excluding hydrogens is 236 g/mol. The Balaban J connectivity index is 1.81. The lowest BCUT2D eigenvalue weighted by molar-refractivity contribution is -0.0683. The zero-order valence-electron chi connectivity index (χ0n) is 12.7. The maximum atomic E-state index is 6.38. The van der Waals surface area contributed by atoms with Crippen LogP contribution < -0.4 is 11.5 Å². The minimum atomic E-state index is 0.396. The summed E-state index contributed by atoms with van der Waals surface area (Å²) in [4.78, 5) is 0. The maximum absolute atomic E-state index is 6.38. The summed E-state index contributed by atoms with van der Waals surface area (Å²) in [7, 11) is 0. The predicted octanol–water partition coefficient (Wildman–Crippen LogP) is 2.82. The van der Waals surface area contributed by atoms with Gasteiger partial charge in [-0.2, -0.15) is 0 Å². The summed E-state index contributed by atoms with van der Waals surface area (Å²) in [6.07, 6.45) is 10.2. The van der Waals surface area contributed by atoms with E-state index in [0.717, 1.165) is 38.5 Å². The molecule has 0 aromatic heterocycles. The first kappa shape index (κ1) is 15.3. The largest absolute Gasteiger partial charge is 0.375 e. The Labute approximate surface area is 118 Å². The lowest BCUT2D eigenvalue weighted by Crippen LogP contribution is -2.43. The highest BCUT2D eigenvalue weighted by molar-refractivity contribution is 4.86. The smallest absolute Gasteiger partial charge is 0.0582 e. The molecule has 2 aliphatic carbocycles. The topological polar surface area (TPSA) is 61.3 Å². The molecule has 3 nitrogen and oxygen atoms in total. The van der Waals surface area contributed by atoms with Gasteiger partial charge in [-0.1, -0.05) is 26.7 Å². The van der Waals surface area contributed by atoms with Crippen LogP contribution in [0.2, 0.25) is 0 Å². The molecule has 112 valence electrons. The first-order valence-electron chi connectivity index (χ1n) is 8.30. The van der Waals surface area contributed by atoms with Gasteiger partial charge in [0.2, 0.25) is 0 Å². The number of nitrogens with two attached hydrogens (primary N) is 2. The summed E-state index contributed by atoms with van der Waals surface area (Å²) in [5.41, 5.74) is 12.3. The normalized spacial score (nSPS) is 44.2. The predicted molar refractivity (Wildman–Crippen MR) is 79.9 cm³/mol. The van der Waals surface area contributed by atoms with E-state index < -0.39 is 0 Å². The van der Waals surface area contributed by atoms with Crippen molar-refractivity contribution in [2.24, 2.45) is 23.3 Å². The Morgan fingerprint density at radius 1 is 0.789 bits per heavy atom. The van der Waals surface area contributed by atoms with Gasteiger partial charge in [0.05, 0.1) is 12.2 Å². The molecule has 0 heterocycles. The highest BCUT2D eigenvalue weighted by Crippen LogP contribution is 2.33. The Kier molecular flexibility index (Phi) is 5.67. The zero-order chi connectivity index (χ0) is 13.8. The van der Waals surface area contributed by atoms with Gasteiger partial charge in [-0.25, -0.2) is 0 Å². The van der Waals surface area contributed by atoms with Gasteiger partial charge < -0.3 is 16.2 Å². The van der Waals surface area contributed by atoms with Crippen molar-refractivity contribution in [2.45, 2.75) is 89.5 Å². The van der Waals surface area contributed by atoms with Crippen molar-refractivity contribution in [3.8, 4) is 0 Å². The molecule has 2 fully saturated rings. The molecule has 0 bridgehead atoms. The Morgan fingerprint density at radius 2 is 1.21 bits per heavy atom. The second-order valence-electron chi connectivity index (χ2n) is 6.67. The van der Waals surface area contributed by atoms with E-state index in [2.05, 4.69) is 13.8 Å². The third kappa shape index (κ3) is 3.93. The van der Waals surface area contributed by atoms with E-state index in [4.69, 9.17) is 16.2 Å². The van der Waals surface area contributed by atoms with Crippen molar-refractivity contribution in [3.63, 3.8) is 0 Å². The van der Waals surface area contributed by atoms with Crippen LogP contribution in [0.15, 0.2) is 0 Å². The lowest BCUT2D eigenvalue weighted by atomic mass is 9.80. The second kappa shape index (κ2) is 7.05. The average Bonchev–Trinajstić information content (AvgIpc) is 2.43. The molecule has 2 aliphatic rings. The van der Waals surface area contributed by atoms with Crippen molar-refractivity contribution in [1.82, 2.24) is 0 Å². The number of hydrogen-bond donors (Lipinski definition) is 2. The molecule has 19 heavy (non-hydrogen) atoms. The van der Waals surface area contributed by atoms with Crippen LogP contribution in [0, 0.1) is 11.8 Å². The summed E-state index contributed by atoms with van der Waals surface area (Å²) < 4.78 is 6.38. The van der Waals surface area contributed by atoms with Crippen LogP contribution in [-0.4, -0.2) is 24.3 Å². The van der Waals surface area contributed by atoms with Crippen molar-refractivity contribution in [1.29, 1.82) is 0 Å². The molecule has 6 atom stereocenters. The van der Waals surface area contributed by atoms with Gasteiger partial charge in [-0.15, -0.1) is 0 Å². The molecule has 4 N–H and O–H groups in total. The van der Waals surface area contributed by atoms with Crippen molar-refractivity contribution < 1.29 is 4.74 Å². The SMILES string of the molecule is CCC1CC(OC2CCC(N)C(CC)C2)CCC1N. The van der Waals surface area contributed by atoms with E-state index in [9.17, 15) is 0 Å². The molecule has 0 amide bonds. The molecule has 2 rings (SSSR count). The van der Waals surface area contributed by atoms with E-state index in [0.29, 0.717) is 36.1 Å². The highest BCUT2D eigenvalue weighted by atomic mass is 16.5. The third-order valence-corrected chi connectivity index (χ3v) is 5.42. The molecule has 0 radical (unpaired) electrons. The third-order valence-electron chi connectivity index (χ3n) is 5.42. The van der Waals surface area contributed by atoms with Crippen LogP contribution in [0.3, 0.4) is 0 Å². The fourth-order valence-electron chi connectivity index (χ4n) is 3.95. The zero-order valence-corrected chi connectivity index (χ0v) is 12.7. The Morgan fingerprint density at radius 3 is 1.58 bits per heavy atom. The summed E-state index contributed by atoms with van der Waals surface area (Å²) >= 11 is 0. The first-order valence-corrected chi connectivity index (χ1v) is 8.30. The van der Waals surface area contributed by atoms with E-state index >= 15 is 0 Å². The summed E-state index contributed by atoms with van der Waals surface area (Å²) in [6, 6.07) is 0.793. The summed E-state index contributed by atoms with van der Waals surface area (Å²) in [6.45, 7) is 4.50. The minimum Gasteiger partial charge on any atom is -0.375 e. The molecule has 2 saturated carbocycles. The van der Waals surface area contributed by atoms with Crippen LogP contribution in [0.1, 0.15) is 65.2 Å². The van der Waals surface area contributed by atoms with Crippen LogP contribution in [0.5, 0.6) is 0 Å². The van der Waals surface area contributed by atoms with Gasteiger partial charge in [0.1, 0.15) is 0 Å². The van der Waals surface area contributed by atoms with Crippen LogP contribution >= 0.6 is 0 Å². The van der Waals surface area contributed by atoms with Crippen LogP contribution in [0.25, 0.3) is 0 Å². The summed E-state index contributed by atoms with van der Waals surface area (Å²) in [5, 5.41) is 0. The molecule has 6 unspecified atom stereocenters. The minimum absolute atomic E-state index is 0.396. The standard InChI is InChI=1S/C16H32N2O/c1-3-11-9-13(5-7-15(11)17)19-14-6-8-16(18)12(4-2)10-14/h11-16H,3-10,17-18H2,1-2H3. The van der Waals surface area contributed by atoms with E-state index in [1.165, 1.54) is 12.8 Å². The van der Waals surface area contributed by atoms with Gasteiger partial charge in [0, 0.05) is 12.1 Å². The molecular formula is C16H32N2O. The fourth-order valence-corrected chi connectivity index (χ4v) is 3.95. The van der Waals surface area contributed by atoms with Crippen molar-refractivity contribution >= 4 is 0 Å². The van der Waals surface area contributed by atoms with Crippen LogP contribution in [-0.2, 0) is 4.74 Å². The quantitative estimate of drug-likeness (QED) is 0.824. The highest BCUT2D eigenvalue weighted by Gasteiger charge is 2.32. The Bertz CT molecular complexity index is 245. The van der Waals surface area contributed by atoms with Gasteiger partial charge >= 0.3 is 0 Å². The fraction of sp³-hybridized carbons (Fsp3) is 1.00. The van der Waals surface area contributed by atoms with Gasteiger partial charge in [-0.3, -0.25) is 0 Å².